The summed E-state index contributed by atoms with van der Waals surface area (Å²) >= 11 is 0. The molecule has 4 nitrogen and oxygen atoms in total. The molecule has 0 aromatic carbocycles. The zero-order valence-electron chi connectivity index (χ0n) is 9.07. The predicted molar refractivity (Wildman–Crippen MR) is 56.6 cm³/mol. The van der Waals surface area contributed by atoms with Crippen molar-refractivity contribution in [3.63, 3.8) is 0 Å². The first-order valence-electron chi connectivity index (χ1n) is 5.31. The summed E-state index contributed by atoms with van der Waals surface area (Å²) in [5.74, 6) is 0.219. The van der Waals surface area contributed by atoms with Gasteiger partial charge in [0.15, 0.2) is 0 Å². The Labute approximate surface area is 85.6 Å². The largest absolute Gasteiger partial charge is 0.368 e. The van der Waals surface area contributed by atoms with E-state index in [2.05, 4.69) is 18.7 Å². The van der Waals surface area contributed by atoms with E-state index in [0.717, 1.165) is 6.54 Å². The van der Waals surface area contributed by atoms with E-state index >= 15 is 0 Å². The van der Waals surface area contributed by atoms with Gasteiger partial charge in [0.1, 0.15) is 0 Å². The van der Waals surface area contributed by atoms with Gasteiger partial charge >= 0.3 is 0 Å². The predicted octanol–water partition coefficient (Wildman–Crippen LogP) is -0.0806. The zero-order valence-corrected chi connectivity index (χ0v) is 9.07. The van der Waals surface area contributed by atoms with Gasteiger partial charge in [0.2, 0.25) is 5.91 Å². The molecule has 1 amide bonds. The number of carbonyl (C=O) groups excluding carboxylic acids is 1. The van der Waals surface area contributed by atoms with E-state index in [1.54, 1.807) is 0 Å². The molecule has 0 aliphatic carbocycles. The number of carbonyl (C=O) groups is 1. The van der Waals surface area contributed by atoms with E-state index < -0.39 is 11.9 Å². The molecule has 0 radical (unpaired) electrons. The summed E-state index contributed by atoms with van der Waals surface area (Å²) in [7, 11) is 0. The van der Waals surface area contributed by atoms with Gasteiger partial charge in [-0.1, -0.05) is 13.8 Å². The molecule has 0 spiro atoms. The minimum absolute atomic E-state index is 0.403. The molecule has 0 aromatic rings. The molecular weight excluding hydrogens is 178 g/mol. The second-order valence-corrected chi connectivity index (χ2v) is 4.46. The van der Waals surface area contributed by atoms with E-state index in [4.69, 9.17) is 11.5 Å². The van der Waals surface area contributed by atoms with Crippen molar-refractivity contribution in [3.05, 3.63) is 0 Å². The average molecular weight is 199 g/mol. The fourth-order valence-corrected chi connectivity index (χ4v) is 2.18. The zero-order chi connectivity index (χ0) is 10.7. The van der Waals surface area contributed by atoms with Crippen LogP contribution in [0.5, 0.6) is 0 Å². The number of primary amides is 1. The lowest BCUT2D eigenvalue weighted by atomic mass is 10.0. The molecule has 2 atom stereocenters. The lowest BCUT2D eigenvalue weighted by Gasteiger charge is -2.28. The number of likely N-dealkylation sites (tertiary alicyclic amines) is 1. The SMILES string of the molecule is CC(C)C1CCCN1CC(N)C(N)=O. The molecule has 1 aliphatic rings. The first-order chi connectivity index (χ1) is 6.52. The van der Waals surface area contributed by atoms with Crippen molar-refractivity contribution in [2.45, 2.75) is 38.8 Å². The molecule has 1 rings (SSSR count). The quantitative estimate of drug-likeness (QED) is 0.665. The first-order valence-corrected chi connectivity index (χ1v) is 5.31. The van der Waals surface area contributed by atoms with Crippen LogP contribution in [0.2, 0.25) is 0 Å². The lowest BCUT2D eigenvalue weighted by Crippen LogP contribution is -2.48. The van der Waals surface area contributed by atoms with Gasteiger partial charge in [-0.2, -0.15) is 0 Å². The number of rotatable bonds is 4. The first kappa shape index (κ1) is 11.5. The third-order valence-electron chi connectivity index (χ3n) is 2.98. The molecule has 0 saturated carbocycles. The summed E-state index contributed by atoms with van der Waals surface area (Å²) in [6.45, 7) is 6.07. The summed E-state index contributed by atoms with van der Waals surface area (Å²) in [4.78, 5) is 13.1. The topological polar surface area (TPSA) is 72.3 Å². The molecule has 1 saturated heterocycles. The highest BCUT2D eigenvalue weighted by molar-refractivity contribution is 5.79. The van der Waals surface area contributed by atoms with Crippen LogP contribution in [-0.2, 0) is 4.79 Å². The minimum Gasteiger partial charge on any atom is -0.368 e. The van der Waals surface area contributed by atoms with Crippen molar-refractivity contribution < 1.29 is 4.79 Å². The molecule has 1 heterocycles. The molecule has 0 bridgehead atoms. The van der Waals surface area contributed by atoms with Crippen LogP contribution in [0.15, 0.2) is 0 Å². The van der Waals surface area contributed by atoms with Gasteiger partial charge in [0.05, 0.1) is 6.04 Å². The van der Waals surface area contributed by atoms with E-state index in [1.807, 2.05) is 0 Å². The highest BCUT2D eigenvalue weighted by Gasteiger charge is 2.28. The molecule has 4 heteroatoms. The number of nitrogens with zero attached hydrogens (tertiary/aromatic N) is 1. The molecule has 1 aliphatic heterocycles. The second-order valence-electron chi connectivity index (χ2n) is 4.46. The Morgan fingerprint density at radius 2 is 2.21 bits per heavy atom. The Morgan fingerprint density at radius 3 is 2.71 bits per heavy atom. The van der Waals surface area contributed by atoms with Crippen LogP contribution in [0, 0.1) is 5.92 Å². The fraction of sp³-hybridized carbons (Fsp3) is 0.900. The van der Waals surface area contributed by atoms with Gasteiger partial charge in [0.25, 0.3) is 0 Å². The third kappa shape index (κ3) is 2.69. The van der Waals surface area contributed by atoms with Crippen molar-refractivity contribution in [2.24, 2.45) is 17.4 Å². The van der Waals surface area contributed by atoms with Gasteiger partial charge in [0, 0.05) is 12.6 Å². The number of nitrogens with two attached hydrogens (primary N) is 2. The van der Waals surface area contributed by atoms with Crippen molar-refractivity contribution in [3.8, 4) is 0 Å². The summed E-state index contributed by atoms with van der Waals surface area (Å²) in [6.07, 6.45) is 2.41. The fourth-order valence-electron chi connectivity index (χ4n) is 2.18. The minimum atomic E-state index is -0.519. The van der Waals surface area contributed by atoms with Crippen molar-refractivity contribution >= 4 is 5.91 Å². The molecular formula is C10H21N3O. The lowest BCUT2D eigenvalue weighted by molar-refractivity contribution is -0.119. The Balaban J connectivity index is 2.47. The van der Waals surface area contributed by atoms with Crippen molar-refractivity contribution in [1.82, 2.24) is 4.90 Å². The molecule has 2 unspecified atom stereocenters. The van der Waals surface area contributed by atoms with Crippen molar-refractivity contribution in [1.29, 1.82) is 0 Å². The van der Waals surface area contributed by atoms with Gasteiger partial charge in [-0.15, -0.1) is 0 Å². The van der Waals surface area contributed by atoms with Crippen LogP contribution in [0.25, 0.3) is 0 Å². The van der Waals surface area contributed by atoms with Gasteiger partial charge < -0.3 is 11.5 Å². The maximum Gasteiger partial charge on any atom is 0.235 e. The highest BCUT2D eigenvalue weighted by Crippen LogP contribution is 2.23. The van der Waals surface area contributed by atoms with Gasteiger partial charge in [-0.25, -0.2) is 0 Å². The highest BCUT2D eigenvalue weighted by atomic mass is 16.1. The van der Waals surface area contributed by atoms with Crippen molar-refractivity contribution in [2.75, 3.05) is 13.1 Å². The third-order valence-corrected chi connectivity index (χ3v) is 2.98. The van der Waals surface area contributed by atoms with Crippen LogP contribution in [0.4, 0.5) is 0 Å². The number of amides is 1. The second kappa shape index (κ2) is 4.75. The van der Waals surface area contributed by atoms with Crippen LogP contribution in [0.3, 0.4) is 0 Å². The monoisotopic (exact) mass is 199 g/mol. The summed E-state index contributed by atoms with van der Waals surface area (Å²) in [6, 6.07) is 0.0507. The average Bonchev–Trinajstić information content (AvgIpc) is 2.52. The standard InChI is InChI=1S/C10H21N3O/c1-7(2)9-4-3-5-13(9)6-8(11)10(12)14/h7-9H,3-6,11H2,1-2H3,(H2,12,14). The Morgan fingerprint density at radius 1 is 1.57 bits per heavy atom. The number of hydrogen-bond donors (Lipinski definition) is 2. The molecule has 4 N–H and O–H groups in total. The van der Waals surface area contributed by atoms with Crippen LogP contribution in [0.1, 0.15) is 26.7 Å². The molecule has 14 heavy (non-hydrogen) atoms. The maximum absolute atomic E-state index is 10.8. The Kier molecular flexibility index (Phi) is 3.89. The maximum atomic E-state index is 10.8. The summed E-state index contributed by atoms with van der Waals surface area (Å²) in [5, 5.41) is 0. The van der Waals surface area contributed by atoms with E-state index in [1.165, 1.54) is 12.8 Å². The van der Waals surface area contributed by atoms with E-state index in [9.17, 15) is 4.79 Å². The number of hydrogen-bond acceptors (Lipinski definition) is 3. The summed E-state index contributed by atoms with van der Waals surface area (Å²) < 4.78 is 0. The Hall–Kier alpha value is -0.610. The van der Waals surface area contributed by atoms with Crippen LogP contribution < -0.4 is 11.5 Å². The Bertz CT molecular complexity index is 206. The normalized spacial score (nSPS) is 25.6. The molecule has 1 fully saturated rings. The summed E-state index contributed by atoms with van der Waals surface area (Å²) in [5.41, 5.74) is 10.8. The molecule has 82 valence electrons. The molecule has 0 aromatic heterocycles. The van der Waals surface area contributed by atoms with Crippen LogP contribution >= 0.6 is 0 Å². The van der Waals surface area contributed by atoms with E-state index in [0.29, 0.717) is 18.5 Å². The van der Waals surface area contributed by atoms with Gasteiger partial charge in [-0.05, 0) is 25.3 Å². The smallest absolute Gasteiger partial charge is 0.235 e. The van der Waals surface area contributed by atoms with E-state index in [-0.39, 0.29) is 0 Å². The van der Waals surface area contributed by atoms with Crippen LogP contribution in [-0.4, -0.2) is 36.0 Å². The van der Waals surface area contributed by atoms with Gasteiger partial charge in [-0.3, -0.25) is 9.69 Å².